The van der Waals surface area contributed by atoms with E-state index in [4.69, 9.17) is 21.4 Å². The largest absolute Gasteiger partial charge is 0.492 e. The van der Waals surface area contributed by atoms with E-state index in [0.717, 1.165) is 12.8 Å². The molecule has 0 saturated heterocycles. The second kappa shape index (κ2) is 10.5. The van der Waals surface area contributed by atoms with Gasteiger partial charge < -0.3 is 9.84 Å². The highest BCUT2D eigenvalue weighted by molar-refractivity contribution is 6.32. The summed E-state index contributed by atoms with van der Waals surface area (Å²) >= 11 is 6.00. The third-order valence-electron chi connectivity index (χ3n) is 3.43. The summed E-state index contributed by atoms with van der Waals surface area (Å²) < 4.78 is 5.59. The van der Waals surface area contributed by atoms with Crippen molar-refractivity contribution in [2.75, 3.05) is 6.61 Å². The Bertz CT molecular complexity index is 432. The monoisotopic (exact) mass is 312 g/mol. The van der Waals surface area contributed by atoms with Crippen LogP contribution < -0.4 is 4.74 Å². The number of unbranched alkanes of at least 4 members (excludes halogenated alkanes) is 7. The molecule has 0 fully saturated rings. The SMILES string of the molecule is CCCCCCCCCCOc1ccc(C(=O)O)cc1Cl. The molecule has 0 saturated carbocycles. The van der Waals surface area contributed by atoms with Gasteiger partial charge in [-0.05, 0) is 24.6 Å². The molecule has 0 aliphatic carbocycles. The number of halogens is 1. The summed E-state index contributed by atoms with van der Waals surface area (Å²) in [5.41, 5.74) is 0.180. The molecule has 0 atom stereocenters. The van der Waals surface area contributed by atoms with Crippen molar-refractivity contribution in [1.82, 2.24) is 0 Å². The van der Waals surface area contributed by atoms with Crippen LogP contribution in [0, 0.1) is 0 Å². The zero-order valence-corrected chi connectivity index (χ0v) is 13.5. The fourth-order valence-corrected chi connectivity index (χ4v) is 2.40. The molecule has 118 valence electrons. The van der Waals surface area contributed by atoms with Gasteiger partial charge in [-0.15, -0.1) is 0 Å². The highest BCUT2D eigenvalue weighted by atomic mass is 35.5. The molecule has 0 amide bonds. The number of rotatable bonds is 11. The van der Waals surface area contributed by atoms with Gasteiger partial charge in [0, 0.05) is 0 Å². The number of benzene rings is 1. The molecule has 0 aromatic heterocycles. The quantitative estimate of drug-likeness (QED) is 0.544. The van der Waals surface area contributed by atoms with E-state index in [1.54, 1.807) is 6.07 Å². The third-order valence-corrected chi connectivity index (χ3v) is 3.73. The maximum absolute atomic E-state index is 10.8. The summed E-state index contributed by atoms with van der Waals surface area (Å²) in [7, 11) is 0. The Hall–Kier alpha value is -1.22. The van der Waals surface area contributed by atoms with Gasteiger partial charge in [-0.2, -0.15) is 0 Å². The van der Waals surface area contributed by atoms with Gasteiger partial charge in [0.1, 0.15) is 5.75 Å². The van der Waals surface area contributed by atoms with Crippen LogP contribution in [0.3, 0.4) is 0 Å². The smallest absolute Gasteiger partial charge is 0.335 e. The first-order chi connectivity index (χ1) is 10.1. The summed E-state index contributed by atoms with van der Waals surface area (Å²) in [5, 5.41) is 9.21. The van der Waals surface area contributed by atoms with Crippen molar-refractivity contribution in [2.45, 2.75) is 58.3 Å². The lowest BCUT2D eigenvalue weighted by Gasteiger charge is -2.08. The number of ether oxygens (including phenoxy) is 1. The van der Waals surface area contributed by atoms with Crippen LogP contribution in [0.15, 0.2) is 18.2 Å². The second-order valence-corrected chi connectivity index (χ2v) is 5.68. The van der Waals surface area contributed by atoms with E-state index in [0.29, 0.717) is 17.4 Å². The van der Waals surface area contributed by atoms with E-state index in [9.17, 15) is 4.79 Å². The van der Waals surface area contributed by atoms with Gasteiger partial charge in [0.15, 0.2) is 0 Å². The van der Waals surface area contributed by atoms with E-state index in [-0.39, 0.29) is 5.56 Å². The van der Waals surface area contributed by atoms with Gasteiger partial charge in [-0.1, -0.05) is 63.5 Å². The molecule has 21 heavy (non-hydrogen) atoms. The summed E-state index contributed by atoms with van der Waals surface area (Å²) in [5.74, 6) is -0.420. The predicted octanol–water partition coefficient (Wildman–Crippen LogP) is 5.56. The first kappa shape index (κ1) is 17.8. The topological polar surface area (TPSA) is 46.5 Å². The molecular weight excluding hydrogens is 288 g/mol. The van der Waals surface area contributed by atoms with Crippen molar-refractivity contribution < 1.29 is 14.6 Å². The van der Waals surface area contributed by atoms with E-state index >= 15 is 0 Å². The van der Waals surface area contributed by atoms with Crippen LogP contribution in [0.2, 0.25) is 5.02 Å². The Morgan fingerprint density at radius 2 is 1.71 bits per heavy atom. The highest BCUT2D eigenvalue weighted by Gasteiger charge is 2.07. The molecule has 4 heteroatoms. The van der Waals surface area contributed by atoms with E-state index in [1.807, 2.05) is 0 Å². The normalized spacial score (nSPS) is 10.6. The average molecular weight is 313 g/mol. The van der Waals surface area contributed by atoms with E-state index < -0.39 is 5.97 Å². The van der Waals surface area contributed by atoms with Crippen LogP contribution in [-0.4, -0.2) is 17.7 Å². The zero-order valence-electron chi connectivity index (χ0n) is 12.7. The lowest BCUT2D eigenvalue weighted by Crippen LogP contribution is -2.00. The summed E-state index contributed by atoms with van der Waals surface area (Å²) in [6, 6.07) is 4.56. The molecule has 1 N–H and O–H groups in total. The number of carbonyl (C=O) groups is 1. The average Bonchev–Trinajstić information content (AvgIpc) is 2.46. The van der Waals surface area contributed by atoms with Gasteiger partial charge >= 0.3 is 5.97 Å². The van der Waals surface area contributed by atoms with Gasteiger partial charge in [-0.3, -0.25) is 0 Å². The van der Waals surface area contributed by atoms with Crippen molar-refractivity contribution in [1.29, 1.82) is 0 Å². The molecule has 0 heterocycles. The Morgan fingerprint density at radius 3 is 2.29 bits per heavy atom. The Kier molecular flexibility index (Phi) is 8.91. The lowest BCUT2D eigenvalue weighted by atomic mass is 10.1. The molecule has 0 spiro atoms. The number of aromatic carboxylic acids is 1. The number of hydrogen-bond donors (Lipinski definition) is 1. The molecule has 0 aliphatic heterocycles. The van der Waals surface area contributed by atoms with Crippen LogP contribution >= 0.6 is 11.6 Å². The standard InChI is InChI=1S/C17H25ClO3/c1-2-3-4-5-6-7-8-9-12-21-16-11-10-14(17(19)20)13-15(16)18/h10-11,13H,2-9,12H2,1H3,(H,19,20). The predicted molar refractivity (Wildman–Crippen MR) is 86.5 cm³/mol. The maximum Gasteiger partial charge on any atom is 0.335 e. The Balaban J connectivity index is 2.14. The van der Waals surface area contributed by atoms with Crippen molar-refractivity contribution in [3.8, 4) is 5.75 Å². The molecule has 3 nitrogen and oxygen atoms in total. The van der Waals surface area contributed by atoms with Crippen molar-refractivity contribution >= 4 is 17.6 Å². The number of carboxylic acid groups (broad SMARTS) is 1. The van der Waals surface area contributed by atoms with Crippen LogP contribution in [0.5, 0.6) is 5.75 Å². The van der Waals surface area contributed by atoms with Crippen molar-refractivity contribution in [2.24, 2.45) is 0 Å². The molecular formula is C17H25ClO3. The first-order valence-corrected chi connectivity index (χ1v) is 8.18. The molecule has 0 bridgehead atoms. The van der Waals surface area contributed by atoms with Gasteiger partial charge in [0.2, 0.25) is 0 Å². The summed E-state index contributed by atoms with van der Waals surface area (Å²) in [6.07, 6.45) is 10.0. The minimum Gasteiger partial charge on any atom is -0.492 e. The Morgan fingerprint density at radius 1 is 1.10 bits per heavy atom. The fourth-order valence-electron chi connectivity index (χ4n) is 2.17. The van der Waals surface area contributed by atoms with Crippen LogP contribution in [0.4, 0.5) is 0 Å². The molecule has 1 aromatic rings. The maximum atomic E-state index is 10.8. The molecule has 0 unspecified atom stereocenters. The fraction of sp³-hybridized carbons (Fsp3) is 0.588. The van der Waals surface area contributed by atoms with Gasteiger partial charge in [-0.25, -0.2) is 4.79 Å². The Labute approximate surface area is 132 Å². The van der Waals surface area contributed by atoms with Crippen molar-refractivity contribution in [3.63, 3.8) is 0 Å². The molecule has 1 aromatic carbocycles. The van der Waals surface area contributed by atoms with Crippen LogP contribution in [0.1, 0.15) is 68.6 Å². The third kappa shape index (κ3) is 7.37. The summed E-state index contributed by atoms with van der Waals surface area (Å²) in [6.45, 7) is 2.85. The van der Waals surface area contributed by atoms with Crippen LogP contribution in [0.25, 0.3) is 0 Å². The number of hydrogen-bond acceptors (Lipinski definition) is 2. The molecule has 1 rings (SSSR count). The highest BCUT2D eigenvalue weighted by Crippen LogP contribution is 2.25. The number of carboxylic acids is 1. The van der Waals surface area contributed by atoms with Crippen LogP contribution in [-0.2, 0) is 0 Å². The minimum atomic E-state index is -0.980. The first-order valence-electron chi connectivity index (χ1n) is 7.80. The lowest BCUT2D eigenvalue weighted by molar-refractivity contribution is 0.0697. The van der Waals surface area contributed by atoms with Crippen molar-refractivity contribution in [3.05, 3.63) is 28.8 Å². The van der Waals surface area contributed by atoms with Gasteiger partial charge in [0.25, 0.3) is 0 Å². The molecule has 0 aliphatic rings. The minimum absolute atomic E-state index is 0.180. The second-order valence-electron chi connectivity index (χ2n) is 5.27. The summed E-state index contributed by atoms with van der Waals surface area (Å²) in [4.78, 5) is 10.8. The molecule has 0 radical (unpaired) electrons. The zero-order chi connectivity index (χ0) is 15.5. The van der Waals surface area contributed by atoms with E-state index in [2.05, 4.69) is 6.92 Å². The van der Waals surface area contributed by atoms with E-state index in [1.165, 1.54) is 50.7 Å². The van der Waals surface area contributed by atoms with Gasteiger partial charge in [0.05, 0.1) is 17.2 Å².